The molecule has 0 aliphatic heterocycles. The Morgan fingerprint density at radius 2 is 1.96 bits per heavy atom. The number of carbonyl (C=O) groups excluding carboxylic acids is 1. The third-order valence-corrected chi connectivity index (χ3v) is 3.75. The van der Waals surface area contributed by atoms with Gasteiger partial charge in [-0.15, -0.1) is 0 Å². The number of hydrogen-bond donors (Lipinski definition) is 0. The number of benzene rings is 2. The van der Waals surface area contributed by atoms with Gasteiger partial charge in [0.05, 0.1) is 13.7 Å². The van der Waals surface area contributed by atoms with Gasteiger partial charge in [0.1, 0.15) is 11.6 Å². The Balaban J connectivity index is 1.99. The van der Waals surface area contributed by atoms with Crippen LogP contribution in [0.4, 0.5) is 10.1 Å². The molecule has 0 aliphatic carbocycles. The summed E-state index contributed by atoms with van der Waals surface area (Å²) in [5, 5.41) is 0. The lowest BCUT2D eigenvalue weighted by Crippen LogP contribution is -2.30. The first-order valence-corrected chi connectivity index (χ1v) is 7.78. The molecule has 0 aliphatic rings. The number of halogens is 1. The molecule has 0 bridgehead atoms. The summed E-state index contributed by atoms with van der Waals surface area (Å²) in [6.45, 7) is 0.285. The topological polar surface area (TPSA) is 42.4 Å². The monoisotopic (exact) mass is 336 g/mol. The van der Waals surface area contributed by atoms with Gasteiger partial charge < -0.3 is 9.64 Å². The molecule has 1 aromatic heterocycles. The maximum Gasteiger partial charge on any atom is 0.258 e. The van der Waals surface area contributed by atoms with Crippen LogP contribution < -0.4 is 9.64 Å². The average Bonchev–Trinajstić information content (AvgIpc) is 2.66. The Kier molecular flexibility index (Phi) is 5.04. The van der Waals surface area contributed by atoms with Crippen molar-refractivity contribution in [2.24, 2.45) is 0 Å². The highest BCUT2D eigenvalue weighted by molar-refractivity contribution is 6.06. The molecular weight excluding hydrogens is 319 g/mol. The Morgan fingerprint density at radius 1 is 1.12 bits per heavy atom. The normalized spacial score (nSPS) is 10.3. The first-order chi connectivity index (χ1) is 12.2. The molecule has 0 N–H and O–H groups in total. The van der Waals surface area contributed by atoms with Crippen LogP contribution in [0.5, 0.6) is 5.75 Å². The van der Waals surface area contributed by atoms with Crippen molar-refractivity contribution in [2.75, 3.05) is 12.0 Å². The minimum Gasteiger partial charge on any atom is -0.497 e. The van der Waals surface area contributed by atoms with E-state index in [0.29, 0.717) is 17.0 Å². The number of pyridine rings is 1. The summed E-state index contributed by atoms with van der Waals surface area (Å²) in [6, 6.07) is 16.5. The molecule has 0 saturated heterocycles. The van der Waals surface area contributed by atoms with Crippen molar-refractivity contribution in [3.63, 3.8) is 0 Å². The Bertz CT molecular complexity index is 868. The molecule has 3 rings (SSSR count). The van der Waals surface area contributed by atoms with E-state index in [1.807, 2.05) is 6.07 Å². The van der Waals surface area contributed by atoms with Gasteiger partial charge in [0.2, 0.25) is 0 Å². The quantitative estimate of drug-likeness (QED) is 0.705. The zero-order valence-electron chi connectivity index (χ0n) is 13.7. The summed E-state index contributed by atoms with van der Waals surface area (Å²) in [7, 11) is 1.55. The van der Waals surface area contributed by atoms with E-state index in [4.69, 9.17) is 4.74 Å². The minimum absolute atomic E-state index is 0.242. The zero-order chi connectivity index (χ0) is 17.6. The van der Waals surface area contributed by atoms with Gasteiger partial charge >= 0.3 is 0 Å². The maximum absolute atomic E-state index is 13.7. The van der Waals surface area contributed by atoms with E-state index in [0.717, 1.165) is 5.56 Å². The van der Waals surface area contributed by atoms with E-state index in [1.54, 1.807) is 62.0 Å². The second-order valence-corrected chi connectivity index (χ2v) is 5.46. The van der Waals surface area contributed by atoms with Gasteiger partial charge in [-0.25, -0.2) is 4.39 Å². The molecule has 0 saturated carbocycles. The predicted octanol–water partition coefficient (Wildman–Crippen LogP) is 4.08. The van der Waals surface area contributed by atoms with Crippen LogP contribution in [-0.4, -0.2) is 18.0 Å². The van der Waals surface area contributed by atoms with Crippen LogP contribution in [0.1, 0.15) is 15.9 Å². The van der Waals surface area contributed by atoms with Gasteiger partial charge in [-0.2, -0.15) is 0 Å². The summed E-state index contributed by atoms with van der Waals surface area (Å²) in [6.07, 6.45) is 3.35. The first kappa shape index (κ1) is 16.6. The number of ether oxygens (including phenoxy) is 1. The summed E-state index contributed by atoms with van der Waals surface area (Å²) in [5.41, 5.74) is 1.80. The third-order valence-electron chi connectivity index (χ3n) is 3.75. The van der Waals surface area contributed by atoms with E-state index < -0.39 is 5.82 Å². The predicted molar refractivity (Wildman–Crippen MR) is 94.1 cm³/mol. The fourth-order valence-corrected chi connectivity index (χ4v) is 2.51. The molecule has 1 heterocycles. The standard InChI is InChI=1S/C20H17FN2O2/c1-25-19-9-2-6-16(11-19)20(24)23(14-15-5-4-10-22-13-15)18-8-3-7-17(21)12-18/h2-13H,14H2,1H3. The Hall–Kier alpha value is -3.21. The number of carbonyl (C=O) groups is 1. The molecule has 2 aromatic carbocycles. The molecule has 1 amide bonds. The minimum atomic E-state index is -0.396. The second kappa shape index (κ2) is 7.57. The molecule has 25 heavy (non-hydrogen) atoms. The highest BCUT2D eigenvalue weighted by Gasteiger charge is 2.19. The van der Waals surface area contributed by atoms with Crippen molar-refractivity contribution in [3.8, 4) is 5.75 Å². The molecule has 0 atom stereocenters. The molecule has 3 aromatic rings. The lowest BCUT2D eigenvalue weighted by atomic mass is 10.1. The van der Waals surface area contributed by atoms with Crippen molar-refractivity contribution in [1.29, 1.82) is 0 Å². The summed E-state index contributed by atoms with van der Waals surface area (Å²) >= 11 is 0. The van der Waals surface area contributed by atoms with Crippen molar-refractivity contribution >= 4 is 11.6 Å². The molecule has 0 fully saturated rings. The number of amides is 1. The third kappa shape index (κ3) is 4.01. The SMILES string of the molecule is COc1cccc(C(=O)N(Cc2cccnc2)c2cccc(F)c2)c1. The number of aromatic nitrogens is 1. The largest absolute Gasteiger partial charge is 0.497 e. The maximum atomic E-state index is 13.7. The molecule has 0 unspecified atom stereocenters. The zero-order valence-corrected chi connectivity index (χ0v) is 13.7. The number of anilines is 1. The van der Waals surface area contributed by atoms with Crippen LogP contribution in [-0.2, 0) is 6.54 Å². The van der Waals surface area contributed by atoms with Crippen LogP contribution in [0.2, 0.25) is 0 Å². The van der Waals surface area contributed by atoms with Crippen molar-refractivity contribution in [3.05, 3.63) is 90.0 Å². The molecule has 5 heteroatoms. The van der Waals surface area contributed by atoms with Gasteiger partial charge in [0, 0.05) is 23.6 Å². The number of hydrogen-bond acceptors (Lipinski definition) is 3. The highest BCUT2D eigenvalue weighted by Crippen LogP contribution is 2.22. The van der Waals surface area contributed by atoms with Crippen LogP contribution in [0, 0.1) is 5.82 Å². The molecule has 126 valence electrons. The van der Waals surface area contributed by atoms with Crippen molar-refractivity contribution in [1.82, 2.24) is 4.98 Å². The summed E-state index contributed by atoms with van der Waals surface area (Å²) in [5.74, 6) is -0.0492. The van der Waals surface area contributed by atoms with Crippen LogP contribution >= 0.6 is 0 Å². The Morgan fingerprint density at radius 3 is 2.68 bits per heavy atom. The highest BCUT2D eigenvalue weighted by atomic mass is 19.1. The van der Waals surface area contributed by atoms with Gasteiger partial charge in [0.15, 0.2) is 0 Å². The van der Waals surface area contributed by atoms with Gasteiger partial charge in [-0.1, -0.05) is 18.2 Å². The van der Waals surface area contributed by atoms with Crippen molar-refractivity contribution < 1.29 is 13.9 Å². The average molecular weight is 336 g/mol. The second-order valence-electron chi connectivity index (χ2n) is 5.46. The van der Waals surface area contributed by atoms with E-state index >= 15 is 0 Å². The lowest BCUT2D eigenvalue weighted by molar-refractivity contribution is 0.0984. The summed E-state index contributed by atoms with van der Waals surface area (Å²) < 4.78 is 18.9. The Labute approximate surface area is 145 Å². The van der Waals surface area contributed by atoms with Gasteiger partial charge in [-0.3, -0.25) is 9.78 Å². The molecule has 0 radical (unpaired) electrons. The lowest BCUT2D eigenvalue weighted by Gasteiger charge is -2.23. The van der Waals surface area contributed by atoms with Crippen LogP contribution in [0.15, 0.2) is 73.1 Å². The van der Waals surface area contributed by atoms with Gasteiger partial charge in [-0.05, 0) is 48.0 Å². The van der Waals surface area contributed by atoms with Crippen molar-refractivity contribution in [2.45, 2.75) is 6.54 Å². The fraction of sp³-hybridized carbons (Fsp3) is 0.100. The van der Waals surface area contributed by atoms with Gasteiger partial charge in [0.25, 0.3) is 5.91 Å². The first-order valence-electron chi connectivity index (χ1n) is 7.78. The summed E-state index contributed by atoms with van der Waals surface area (Å²) in [4.78, 5) is 18.7. The number of rotatable bonds is 5. The number of methoxy groups -OCH3 is 1. The van der Waals surface area contributed by atoms with E-state index in [-0.39, 0.29) is 12.5 Å². The fourth-order valence-electron chi connectivity index (χ4n) is 2.51. The van der Waals surface area contributed by atoms with E-state index in [9.17, 15) is 9.18 Å². The van der Waals surface area contributed by atoms with Crippen LogP contribution in [0.25, 0.3) is 0 Å². The smallest absolute Gasteiger partial charge is 0.258 e. The molecular formula is C20H17FN2O2. The molecule has 4 nitrogen and oxygen atoms in total. The molecule has 0 spiro atoms. The van der Waals surface area contributed by atoms with E-state index in [1.165, 1.54) is 17.0 Å². The van der Waals surface area contributed by atoms with Crippen LogP contribution in [0.3, 0.4) is 0 Å². The van der Waals surface area contributed by atoms with E-state index in [2.05, 4.69) is 4.98 Å². The number of nitrogens with zero attached hydrogens (tertiary/aromatic N) is 2.